The Bertz CT molecular complexity index is 949. The number of nitrogens with one attached hydrogen (secondary N) is 1. The Kier molecular flexibility index (Phi) is 4.46. The smallest absolute Gasteiger partial charge is 0.210 e. The summed E-state index contributed by atoms with van der Waals surface area (Å²) in [4.78, 5) is 4.51. The number of aryl methyl sites for hydroxylation is 1. The first-order chi connectivity index (χ1) is 13.3. The van der Waals surface area contributed by atoms with Crippen molar-refractivity contribution in [3.05, 3.63) is 81.9 Å². The van der Waals surface area contributed by atoms with Crippen molar-refractivity contribution in [2.75, 3.05) is 0 Å². The van der Waals surface area contributed by atoms with E-state index < -0.39 is 0 Å². The van der Waals surface area contributed by atoms with Crippen molar-refractivity contribution < 1.29 is 4.84 Å². The Hall–Kier alpha value is -2.39. The molecule has 1 atom stereocenters. The topological polar surface area (TPSA) is 59.1 Å². The Morgan fingerprint density at radius 3 is 2.43 bits per heavy atom. The van der Waals surface area contributed by atoms with Gasteiger partial charge in [-0.05, 0) is 59.1 Å². The van der Waals surface area contributed by atoms with E-state index in [-0.39, 0.29) is 16.7 Å². The van der Waals surface area contributed by atoms with Gasteiger partial charge < -0.3 is 4.84 Å². The van der Waals surface area contributed by atoms with Gasteiger partial charge in [0.2, 0.25) is 5.90 Å². The van der Waals surface area contributed by atoms with E-state index in [4.69, 9.17) is 11.3 Å². The zero-order valence-electron chi connectivity index (χ0n) is 17.3. The highest BCUT2D eigenvalue weighted by atomic mass is 16.6. The normalized spacial score (nSPS) is 21.1. The predicted molar refractivity (Wildman–Crippen MR) is 115 cm³/mol. The molecule has 2 aromatic rings. The summed E-state index contributed by atoms with van der Waals surface area (Å²) >= 11 is 0. The van der Waals surface area contributed by atoms with Crippen molar-refractivity contribution in [2.24, 2.45) is 5.90 Å². The van der Waals surface area contributed by atoms with Gasteiger partial charge in [0.1, 0.15) is 0 Å². The maximum atomic E-state index is 7.62. The van der Waals surface area contributed by atoms with Crippen LogP contribution in [-0.2, 0) is 22.1 Å². The zero-order chi connectivity index (χ0) is 20.1. The molecule has 3 N–H and O–H groups in total. The maximum Gasteiger partial charge on any atom is 0.210 e. The number of nitrogens with two attached hydrogens (primary N) is 1. The molecule has 0 aromatic heterocycles. The second-order valence-electron chi connectivity index (χ2n) is 9.12. The Morgan fingerprint density at radius 1 is 1.14 bits per heavy atom. The molecule has 3 nitrogen and oxygen atoms in total. The van der Waals surface area contributed by atoms with Gasteiger partial charge in [0.05, 0.1) is 6.42 Å². The first-order valence-electron chi connectivity index (χ1n) is 10.2. The fourth-order valence-electron chi connectivity index (χ4n) is 4.77. The molecule has 2 aromatic carbocycles. The minimum atomic E-state index is 0.0762. The molecule has 3 heteroatoms. The van der Waals surface area contributed by atoms with E-state index in [1.165, 1.54) is 40.7 Å². The lowest BCUT2D eigenvalue weighted by molar-refractivity contribution is 0.310. The van der Waals surface area contributed by atoms with Gasteiger partial charge >= 0.3 is 0 Å². The number of rotatable bonds is 4. The zero-order valence-corrected chi connectivity index (χ0v) is 17.3. The van der Waals surface area contributed by atoms with Crippen molar-refractivity contribution >= 4 is 5.90 Å². The van der Waals surface area contributed by atoms with Crippen LogP contribution in [0.25, 0.3) is 0 Å². The van der Waals surface area contributed by atoms with Gasteiger partial charge in [-0.15, -0.1) is 0 Å². The molecule has 0 aliphatic heterocycles. The SMILES string of the molecule is Cc1cc2c(cc1C1(c3ccc(CC(=N)ON)cc3)CC1)C(C)(C)C=CC2C. The third-order valence-electron chi connectivity index (χ3n) is 6.66. The molecule has 0 bridgehead atoms. The number of benzene rings is 2. The Balaban J connectivity index is 1.72. The second kappa shape index (κ2) is 6.59. The van der Waals surface area contributed by atoms with E-state index in [1.807, 2.05) is 0 Å². The van der Waals surface area contributed by atoms with Gasteiger partial charge in [0.15, 0.2) is 0 Å². The molecule has 1 fully saturated rings. The van der Waals surface area contributed by atoms with Crippen LogP contribution in [0.3, 0.4) is 0 Å². The van der Waals surface area contributed by atoms with E-state index in [1.54, 1.807) is 0 Å². The highest BCUT2D eigenvalue weighted by molar-refractivity contribution is 5.75. The minimum absolute atomic E-state index is 0.0762. The molecular formula is C25H30N2O. The van der Waals surface area contributed by atoms with E-state index >= 15 is 0 Å². The summed E-state index contributed by atoms with van der Waals surface area (Å²) in [7, 11) is 0. The summed E-state index contributed by atoms with van der Waals surface area (Å²) in [6.07, 6.45) is 7.52. The third-order valence-corrected chi connectivity index (χ3v) is 6.66. The predicted octanol–water partition coefficient (Wildman–Crippen LogP) is 5.44. The van der Waals surface area contributed by atoms with Crippen molar-refractivity contribution in [3.63, 3.8) is 0 Å². The lowest BCUT2D eigenvalue weighted by Gasteiger charge is -2.33. The Labute approximate surface area is 168 Å². The summed E-state index contributed by atoms with van der Waals surface area (Å²) in [5.74, 6) is 5.64. The summed E-state index contributed by atoms with van der Waals surface area (Å²) in [5.41, 5.74) is 8.46. The standard InChI is InChI=1S/C25H30N2O/c1-16-9-10-24(3,4)22-15-21(17(2)13-20(16)22)25(11-12-25)19-7-5-18(6-8-19)14-23(26)28-27/h5-10,13,15-16,26H,11-12,14,27H2,1-4H3. The van der Waals surface area contributed by atoms with Crippen molar-refractivity contribution in [1.82, 2.24) is 0 Å². The largest absolute Gasteiger partial charge is 0.396 e. The van der Waals surface area contributed by atoms with Crippen LogP contribution in [0.1, 0.15) is 72.9 Å². The number of allylic oxidation sites excluding steroid dienone is 2. The summed E-state index contributed by atoms with van der Waals surface area (Å²) < 4.78 is 0. The first kappa shape index (κ1) is 18.9. The molecule has 146 valence electrons. The van der Waals surface area contributed by atoms with Crippen LogP contribution in [0.4, 0.5) is 0 Å². The van der Waals surface area contributed by atoms with Gasteiger partial charge in [0, 0.05) is 10.8 Å². The van der Waals surface area contributed by atoms with E-state index in [2.05, 4.69) is 81.1 Å². The summed E-state index contributed by atoms with van der Waals surface area (Å²) in [6, 6.07) is 13.6. The first-order valence-corrected chi connectivity index (χ1v) is 10.2. The molecule has 0 saturated heterocycles. The van der Waals surface area contributed by atoms with E-state index in [0.29, 0.717) is 12.3 Å². The van der Waals surface area contributed by atoms with Crippen LogP contribution >= 0.6 is 0 Å². The fourth-order valence-corrected chi connectivity index (χ4v) is 4.77. The summed E-state index contributed by atoms with van der Waals surface area (Å²) in [5, 5.41) is 7.62. The molecule has 0 radical (unpaired) electrons. The quantitative estimate of drug-likeness (QED) is 0.324. The van der Waals surface area contributed by atoms with Crippen LogP contribution < -0.4 is 5.90 Å². The molecule has 2 aliphatic rings. The molecule has 2 aliphatic carbocycles. The highest BCUT2D eigenvalue weighted by Gasteiger charge is 2.47. The molecule has 1 unspecified atom stereocenters. The van der Waals surface area contributed by atoms with Gasteiger partial charge in [-0.1, -0.05) is 69.3 Å². The molecule has 0 amide bonds. The van der Waals surface area contributed by atoms with Crippen LogP contribution in [0.15, 0.2) is 48.6 Å². The average molecular weight is 375 g/mol. The van der Waals surface area contributed by atoms with Gasteiger partial charge in [0.25, 0.3) is 0 Å². The highest BCUT2D eigenvalue weighted by Crippen LogP contribution is 2.55. The third kappa shape index (κ3) is 3.08. The molecule has 0 heterocycles. The molecule has 0 spiro atoms. The molecule has 28 heavy (non-hydrogen) atoms. The Morgan fingerprint density at radius 2 is 1.82 bits per heavy atom. The van der Waals surface area contributed by atoms with Gasteiger partial charge in [-0.3, -0.25) is 5.41 Å². The van der Waals surface area contributed by atoms with E-state index in [9.17, 15) is 0 Å². The van der Waals surface area contributed by atoms with Crippen LogP contribution in [-0.4, -0.2) is 5.90 Å². The number of hydrogen-bond donors (Lipinski definition) is 2. The van der Waals surface area contributed by atoms with Gasteiger partial charge in [-0.25, -0.2) is 0 Å². The lowest BCUT2D eigenvalue weighted by Crippen LogP contribution is -2.23. The maximum absolute atomic E-state index is 7.62. The minimum Gasteiger partial charge on any atom is -0.396 e. The van der Waals surface area contributed by atoms with Crippen LogP contribution in [0.2, 0.25) is 0 Å². The second-order valence-corrected chi connectivity index (χ2v) is 9.12. The summed E-state index contributed by atoms with van der Waals surface area (Å²) in [6.45, 7) is 9.19. The lowest BCUT2D eigenvalue weighted by atomic mass is 9.71. The molecule has 1 saturated carbocycles. The molecular weight excluding hydrogens is 344 g/mol. The van der Waals surface area contributed by atoms with Crippen LogP contribution in [0, 0.1) is 12.3 Å². The number of fused-ring (bicyclic) bond motifs is 1. The molecule has 4 rings (SSSR count). The van der Waals surface area contributed by atoms with Crippen molar-refractivity contribution in [1.29, 1.82) is 5.41 Å². The van der Waals surface area contributed by atoms with Crippen molar-refractivity contribution in [2.45, 2.75) is 63.7 Å². The monoisotopic (exact) mass is 374 g/mol. The fraction of sp³-hybridized carbons (Fsp3) is 0.400. The van der Waals surface area contributed by atoms with E-state index in [0.717, 1.165) is 5.56 Å². The van der Waals surface area contributed by atoms with Gasteiger partial charge in [-0.2, -0.15) is 5.90 Å². The average Bonchev–Trinajstić information content (AvgIpc) is 3.47. The van der Waals surface area contributed by atoms with Crippen molar-refractivity contribution in [3.8, 4) is 0 Å². The van der Waals surface area contributed by atoms with Crippen LogP contribution in [0.5, 0.6) is 0 Å². The number of hydrogen-bond acceptors (Lipinski definition) is 3.